The Bertz CT molecular complexity index is 298. The Balaban J connectivity index is 2.10. The van der Waals surface area contributed by atoms with Gasteiger partial charge in [-0.2, -0.15) is 0 Å². The lowest BCUT2D eigenvalue weighted by Crippen LogP contribution is -2.32. The number of nitrogens with one attached hydrogen (secondary N) is 1. The second-order valence-corrected chi connectivity index (χ2v) is 4.96. The van der Waals surface area contributed by atoms with Crippen molar-refractivity contribution >= 4 is 17.2 Å². The molecule has 0 saturated heterocycles. The van der Waals surface area contributed by atoms with Crippen LogP contribution in [0.4, 0.5) is 0 Å². The monoisotopic (exact) mass is 240 g/mol. The number of hydrogen-bond acceptors (Lipinski definition) is 3. The molecule has 1 atom stereocenters. The first-order chi connectivity index (χ1) is 7.72. The third-order valence-electron chi connectivity index (χ3n) is 2.38. The van der Waals surface area contributed by atoms with E-state index in [1.54, 1.807) is 11.3 Å². The third kappa shape index (κ3) is 5.28. The van der Waals surface area contributed by atoms with Gasteiger partial charge in [-0.15, -0.1) is 11.3 Å². The fourth-order valence-electron chi connectivity index (χ4n) is 1.56. The molecule has 0 spiro atoms. The summed E-state index contributed by atoms with van der Waals surface area (Å²) in [7, 11) is 0. The average molecular weight is 240 g/mol. The van der Waals surface area contributed by atoms with E-state index in [0.717, 1.165) is 19.3 Å². The molecule has 4 heteroatoms. The zero-order valence-electron chi connectivity index (χ0n) is 9.74. The molecule has 1 amide bonds. The Labute approximate surface area is 101 Å². The van der Waals surface area contributed by atoms with Gasteiger partial charge in [-0.05, 0) is 24.3 Å². The van der Waals surface area contributed by atoms with Gasteiger partial charge in [-0.3, -0.25) is 4.79 Å². The van der Waals surface area contributed by atoms with Crippen LogP contribution in [0.25, 0.3) is 0 Å². The van der Waals surface area contributed by atoms with E-state index in [1.165, 1.54) is 4.88 Å². The van der Waals surface area contributed by atoms with Gasteiger partial charge < -0.3 is 11.1 Å². The number of hydrogen-bond donors (Lipinski definition) is 2. The van der Waals surface area contributed by atoms with E-state index in [-0.39, 0.29) is 11.9 Å². The highest BCUT2D eigenvalue weighted by Gasteiger charge is 2.07. The van der Waals surface area contributed by atoms with Crippen LogP contribution in [0.15, 0.2) is 17.5 Å². The smallest absolute Gasteiger partial charge is 0.221 e. The molecule has 0 bridgehead atoms. The van der Waals surface area contributed by atoms with Crippen LogP contribution in [0.3, 0.4) is 0 Å². The van der Waals surface area contributed by atoms with Crippen molar-refractivity contribution in [2.75, 3.05) is 6.54 Å². The lowest BCUT2D eigenvalue weighted by atomic mass is 10.1. The summed E-state index contributed by atoms with van der Waals surface area (Å²) < 4.78 is 0. The van der Waals surface area contributed by atoms with E-state index in [1.807, 2.05) is 11.4 Å². The van der Waals surface area contributed by atoms with Gasteiger partial charge >= 0.3 is 0 Å². The van der Waals surface area contributed by atoms with Crippen molar-refractivity contribution in [1.29, 1.82) is 0 Å². The Morgan fingerprint density at radius 3 is 3.06 bits per heavy atom. The quantitative estimate of drug-likeness (QED) is 0.765. The van der Waals surface area contributed by atoms with Crippen molar-refractivity contribution in [3.8, 4) is 0 Å². The molecular weight excluding hydrogens is 220 g/mol. The van der Waals surface area contributed by atoms with Crippen molar-refractivity contribution in [2.24, 2.45) is 5.73 Å². The van der Waals surface area contributed by atoms with Crippen molar-refractivity contribution in [3.63, 3.8) is 0 Å². The van der Waals surface area contributed by atoms with Gasteiger partial charge in [0.05, 0.1) is 0 Å². The van der Waals surface area contributed by atoms with Gasteiger partial charge in [0, 0.05) is 23.9 Å². The molecule has 1 aromatic rings. The summed E-state index contributed by atoms with van der Waals surface area (Å²) in [5, 5.41) is 4.95. The topological polar surface area (TPSA) is 55.1 Å². The molecule has 3 N–H and O–H groups in total. The Morgan fingerprint density at radius 1 is 1.62 bits per heavy atom. The molecule has 0 saturated carbocycles. The highest BCUT2D eigenvalue weighted by Crippen LogP contribution is 2.08. The fraction of sp³-hybridized carbons (Fsp3) is 0.583. The second-order valence-electron chi connectivity index (χ2n) is 3.93. The largest absolute Gasteiger partial charge is 0.356 e. The van der Waals surface area contributed by atoms with Crippen LogP contribution < -0.4 is 11.1 Å². The van der Waals surface area contributed by atoms with Gasteiger partial charge in [-0.25, -0.2) is 0 Å². The van der Waals surface area contributed by atoms with E-state index in [4.69, 9.17) is 5.73 Å². The molecule has 0 aliphatic carbocycles. The Hall–Kier alpha value is -0.870. The van der Waals surface area contributed by atoms with Crippen molar-refractivity contribution in [3.05, 3.63) is 22.4 Å². The maximum Gasteiger partial charge on any atom is 0.221 e. The number of rotatable bonds is 7. The minimum absolute atomic E-state index is 0.00624. The van der Waals surface area contributed by atoms with Crippen LogP contribution in [0.2, 0.25) is 0 Å². The van der Waals surface area contributed by atoms with Crippen molar-refractivity contribution in [2.45, 2.75) is 38.6 Å². The number of amides is 1. The first-order valence-electron chi connectivity index (χ1n) is 5.77. The maximum atomic E-state index is 11.5. The summed E-state index contributed by atoms with van der Waals surface area (Å²) >= 11 is 1.72. The van der Waals surface area contributed by atoms with Gasteiger partial charge in [0.1, 0.15) is 0 Å². The molecule has 0 aromatic carbocycles. The van der Waals surface area contributed by atoms with Crippen LogP contribution in [0.1, 0.15) is 31.1 Å². The molecule has 1 aromatic heterocycles. The van der Waals surface area contributed by atoms with E-state index in [9.17, 15) is 4.79 Å². The van der Waals surface area contributed by atoms with Crippen molar-refractivity contribution in [1.82, 2.24) is 5.32 Å². The maximum absolute atomic E-state index is 11.5. The van der Waals surface area contributed by atoms with E-state index in [2.05, 4.69) is 18.3 Å². The summed E-state index contributed by atoms with van der Waals surface area (Å²) in [6.07, 6.45) is 3.30. The van der Waals surface area contributed by atoms with Crippen LogP contribution in [0.5, 0.6) is 0 Å². The van der Waals surface area contributed by atoms with E-state index in [0.29, 0.717) is 13.0 Å². The van der Waals surface area contributed by atoms with Crippen LogP contribution in [-0.4, -0.2) is 18.5 Å². The molecule has 1 heterocycles. The first kappa shape index (κ1) is 13.2. The Kier molecular flexibility index (Phi) is 6.11. The van der Waals surface area contributed by atoms with Crippen LogP contribution in [0, 0.1) is 0 Å². The zero-order chi connectivity index (χ0) is 11.8. The van der Waals surface area contributed by atoms with Crippen molar-refractivity contribution < 1.29 is 4.79 Å². The molecule has 90 valence electrons. The molecule has 1 rings (SSSR count). The second kappa shape index (κ2) is 7.41. The average Bonchev–Trinajstić information content (AvgIpc) is 2.70. The van der Waals surface area contributed by atoms with Crippen LogP contribution >= 0.6 is 11.3 Å². The molecular formula is C12H20N2OS. The highest BCUT2D eigenvalue weighted by atomic mass is 32.1. The number of carbonyl (C=O) groups excluding carboxylic acids is 1. The third-order valence-corrected chi connectivity index (χ3v) is 3.32. The summed E-state index contributed by atoms with van der Waals surface area (Å²) in [4.78, 5) is 12.8. The number of thiophene rings is 1. The number of nitrogens with two attached hydrogens (primary N) is 1. The first-order valence-corrected chi connectivity index (χ1v) is 6.65. The molecule has 0 fully saturated rings. The van der Waals surface area contributed by atoms with Crippen LogP contribution in [-0.2, 0) is 11.2 Å². The van der Waals surface area contributed by atoms with Gasteiger partial charge in [0.15, 0.2) is 0 Å². The molecule has 1 unspecified atom stereocenters. The van der Waals surface area contributed by atoms with E-state index >= 15 is 0 Å². The minimum Gasteiger partial charge on any atom is -0.356 e. The van der Waals surface area contributed by atoms with Gasteiger partial charge in [0.25, 0.3) is 0 Å². The minimum atomic E-state index is 0.00624. The normalized spacial score (nSPS) is 12.4. The molecule has 16 heavy (non-hydrogen) atoms. The molecule has 0 aliphatic rings. The zero-order valence-corrected chi connectivity index (χ0v) is 10.6. The summed E-state index contributed by atoms with van der Waals surface area (Å²) in [6, 6.07) is 4.12. The lowest BCUT2D eigenvalue weighted by molar-refractivity contribution is -0.121. The SMILES string of the molecule is CCCC(N)CC(=O)NCCc1cccs1. The summed E-state index contributed by atoms with van der Waals surface area (Å²) in [5.74, 6) is 0.0671. The van der Waals surface area contributed by atoms with E-state index < -0.39 is 0 Å². The summed E-state index contributed by atoms with van der Waals surface area (Å²) in [5.41, 5.74) is 5.79. The lowest BCUT2D eigenvalue weighted by Gasteiger charge is -2.10. The highest BCUT2D eigenvalue weighted by molar-refractivity contribution is 7.09. The molecule has 3 nitrogen and oxygen atoms in total. The molecule has 0 radical (unpaired) electrons. The predicted molar refractivity (Wildman–Crippen MR) is 68.5 cm³/mol. The van der Waals surface area contributed by atoms with Gasteiger partial charge in [0.2, 0.25) is 5.91 Å². The fourth-order valence-corrected chi connectivity index (χ4v) is 2.27. The Morgan fingerprint density at radius 2 is 2.44 bits per heavy atom. The predicted octanol–water partition coefficient (Wildman–Crippen LogP) is 1.92. The number of carbonyl (C=O) groups is 1. The standard InChI is InChI=1S/C12H20N2OS/c1-2-4-10(13)9-12(15)14-7-6-11-5-3-8-16-11/h3,5,8,10H,2,4,6-7,9,13H2,1H3,(H,14,15). The summed E-state index contributed by atoms with van der Waals surface area (Å²) in [6.45, 7) is 2.78. The van der Waals surface area contributed by atoms with Gasteiger partial charge in [-0.1, -0.05) is 19.4 Å². The molecule has 0 aliphatic heterocycles.